The van der Waals surface area contributed by atoms with Gasteiger partial charge in [0, 0.05) is 18.7 Å². The molecule has 1 unspecified atom stereocenters. The average Bonchev–Trinajstić information content (AvgIpc) is 3.36. The minimum absolute atomic E-state index is 0.0369. The van der Waals surface area contributed by atoms with Crippen molar-refractivity contribution in [3.05, 3.63) is 93.9 Å². The van der Waals surface area contributed by atoms with Gasteiger partial charge in [-0.3, -0.25) is 14.4 Å². The van der Waals surface area contributed by atoms with Gasteiger partial charge >= 0.3 is 0 Å². The molecule has 4 aromatic rings. The van der Waals surface area contributed by atoms with Crippen LogP contribution in [0.15, 0.2) is 59.1 Å². The van der Waals surface area contributed by atoms with Crippen molar-refractivity contribution in [2.45, 2.75) is 39.2 Å². The number of aryl methyl sites for hydroxylation is 2. The van der Waals surface area contributed by atoms with Gasteiger partial charge in [0.25, 0.3) is 12.4 Å². The normalized spacial score (nSPS) is 15.6. The number of nitrogens with zero attached hydrogens (tertiary/aromatic N) is 2. The number of carboxylic acid groups (broad SMARTS) is 1. The van der Waals surface area contributed by atoms with Crippen molar-refractivity contribution < 1.29 is 43.3 Å². The third-order valence-electron chi connectivity index (χ3n) is 7.97. The maximum absolute atomic E-state index is 13.9. The van der Waals surface area contributed by atoms with E-state index in [0.29, 0.717) is 67.0 Å². The number of hydrogen-bond acceptors (Lipinski definition) is 9. The molecule has 3 aromatic carbocycles. The van der Waals surface area contributed by atoms with Gasteiger partial charge in [-0.15, -0.1) is 0 Å². The van der Waals surface area contributed by atoms with E-state index in [2.05, 4.69) is 10.5 Å². The van der Waals surface area contributed by atoms with Crippen molar-refractivity contribution in [1.29, 1.82) is 0 Å². The molecular formula is C34H35N3O9. The first kappa shape index (κ1) is 31.9. The van der Waals surface area contributed by atoms with Gasteiger partial charge in [-0.05, 0) is 85.8 Å². The number of carbonyl (C=O) groups excluding carboxylic acids is 2. The van der Waals surface area contributed by atoms with E-state index in [0.717, 1.165) is 22.3 Å². The molecule has 1 aromatic heterocycles. The highest BCUT2D eigenvalue weighted by molar-refractivity contribution is 5.97. The Balaban J connectivity index is 0.00000134. The highest BCUT2D eigenvalue weighted by atomic mass is 16.5. The molecule has 3 aliphatic rings. The molecule has 0 fully saturated rings. The van der Waals surface area contributed by atoms with Crippen LogP contribution in [0.2, 0.25) is 0 Å². The number of rotatable bonds is 3. The summed E-state index contributed by atoms with van der Waals surface area (Å²) in [6.07, 6.45) is 1.33. The first-order chi connectivity index (χ1) is 22.2. The molecule has 4 heterocycles. The van der Waals surface area contributed by atoms with Crippen molar-refractivity contribution in [3.63, 3.8) is 0 Å². The minimum atomic E-state index is -0.410. The van der Waals surface area contributed by atoms with Crippen LogP contribution in [0, 0.1) is 13.8 Å². The molecule has 12 heteroatoms. The zero-order valence-corrected chi connectivity index (χ0v) is 25.7. The van der Waals surface area contributed by atoms with Gasteiger partial charge in [0.05, 0.1) is 37.4 Å². The molecule has 3 N–H and O–H groups in total. The van der Waals surface area contributed by atoms with Crippen molar-refractivity contribution >= 4 is 18.3 Å². The number of phenols is 1. The average molecular weight is 630 g/mol. The van der Waals surface area contributed by atoms with E-state index in [9.17, 15) is 14.7 Å². The highest BCUT2D eigenvalue weighted by Gasteiger charge is 2.34. The van der Waals surface area contributed by atoms with Crippen LogP contribution in [0.4, 0.5) is 0 Å². The minimum Gasteiger partial charge on any atom is -0.507 e. The smallest absolute Gasteiger partial charge is 0.290 e. The summed E-state index contributed by atoms with van der Waals surface area (Å²) >= 11 is 0. The molecule has 0 saturated heterocycles. The number of fused-ring (bicyclic) bond motifs is 6. The number of benzene rings is 3. The van der Waals surface area contributed by atoms with E-state index in [1.165, 1.54) is 12.1 Å². The van der Waals surface area contributed by atoms with Crippen LogP contribution in [-0.2, 0) is 22.4 Å². The molecular weight excluding hydrogens is 594 g/mol. The summed E-state index contributed by atoms with van der Waals surface area (Å²) in [5, 5.41) is 24.1. The van der Waals surface area contributed by atoms with Crippen LogP contribution in [0.5, 0.6) is 28.7 Å². The second kappa shape index (κ2) is 14.1. The van der Waals surface area contributed by atoms with Gasteiger partial charge in [0.15, 0.2) is 11.5 Å². The second-order valence-corrected chi connectivity index (χ2v) is 10.8. The Labute approximate surface area is 265 Å². The Hall–Kier alpha value is -5.52. The van der Waals surface area contributed by atoms with Crippen LogP contribution in [-0.4, -0.2) is 65.4 Å². The fourth-order valence-corrected chi connectivity index (χ4v) is 5.72. The molecule has 240 valence electrons. The van der Waals surface area contributed by atoms with E-state index in [1.54, 1.807) is 13.2 Å². The maximum atomic E-state index is 13.9. The van der Waals surface area contributed by atoms with Crippen LogP contribution < -0.4 is 19.5 Å². The Morgan fingerprint density at radius 2 is 1.96 bits per heavy atom. The molecule has 0 aliphatic carbocycles. The third-order valence-corrected chi connectivity index (χ3v) is 7.97. The Bertz CT molecular complexity index is 1730. The predicted molar refractivity (Wildman–Crippen MR) is 166 cm³/mol. The predicted octanol–water partition coefficient (Wildman–Crippen LogP) is 4.73. The number of amides is 2. The van der Waals surface area contributed by atoms with Crippen LogP contribution in [0.3, 0.4) is 0 Å². The molecule has 12 nitrogen and oxygen atoms in total. The number of aromatic nitrogens is 1. The quantitative estimate of drug-likeness (QED) is 0.270. The number of nitrogens with one attached hydrogen (secondary N) is 1. The number of methoxy groups -OCH3 is 1. The maximum Gasteiger partial charge on any atom is 0.290 e. The van der Waals surface area contributed by atoms with E-state index >= 15 is 0 Å². The molecule has 0 spiro atoms. The fraction of sp³-hybridized carbons (Fsp3) is 0.294. The summed E-state index contributed by atoms with van der Waals surface area (Å²) < 4.78 is 23.4. The second-order valence-electron chi connectivity index (χ2n) is 10.8. The van der Waals surface area contributed by atoms with Gasteiger partial charge in [-0.1, -0.05) is 17.3 Å². The zero-order chi connectivity index (χ0) is 32.8. The molecule has 2 amide bonds. The molecule has 8 bridgehead atoms. The monoisotopic (exact) mass is 629 g/mol. The Morgan fingerprint density at radius 3 is 2.70 bits per heavy atom. The first-order valence-electron chi connectivity index (χ1n) is 14.8. The number of aromatic hydroxyl groups is 1. The molecule has 46 heavy (non-hydrogen) atoms. The van der Waals surface area contributed by atoms with Gasteiger partial charge in [-0.25, -0.2) is 0 Å². The summed E-state index contributed by atoms with van der Waals surface area (Å²) in [5.74, 6) is 2.02. The van der Waals surface area contributed by atoms with Crippen molar-refractivity contribution in [2.24, 2.45) is 0 Å². The lowest BCUT2D eigenvalue weighted by molar-refractivity contribution is -0.132. The lowest BCUT2D eigenvalue weighted by Crippen LogP contribution is -2.41. The van der Waals surface area contributed by atoms with Gasteiger partial charge in [-0.2, -0.15) is 0 Å². The number of carbonyl (C=O) groups is 3. The lowest BCUT2D eigenvalue weighted by Gasteiger charge is -2.38. The Kier molecular flexibility index (Phi) is 9.75. The van der Waals surface area contributed by atoms with Crippen LogP contribution >= 0.6 is 0 Å². The number of phenolic OH excluding ortho intramolecular Hbond substituents is 1. The first-order valence-corrected chi connectivity index (χ1v) is 14.8. The SMILES string of the molecule is COc1cc2c3cc1Oc1ccc(O)c(c1)C(=O)NCCCOc1cccc(c1)C2N(C(=O)Cc1c(C)noc1C)CC3.O=CO. The Morgan fingerprint density at radius 1 is 1.15 bits per heavy atom. The molecule has 7 rings (SSSR count). The highest BCUT2D eigenvalue weighted by Crippen LogP contribution is 2.43. The summed E-state index contributed by atoms with van der Waals surface area (Å²) in [4.78, 5) is 37.0. The van der Waals surface area contributed by atoms with Gasteiger partial charge in [0.2, 0.25) is 5.91 Å². The van der Waals surface area contributed by atoms with Crippen LogP contribution in [0.25, 0.3) is 0 Å². The van der Waals surface area contributed by atoms with E-state index in [-0.39, 0.29) is 30.1 Å². The lowest BCUT2D eigenvalue weighted by atomic mass is 9.87. The summed E-state index contributed by atoms with van der Waals surface area (Å²) in [7, 11) is 1.56. The molecule has 3 aliphatic heterocycles. The van der Waals surface area contributed by atoms with E-state index < -0.39 is 11.9 Å². The van der Waals surface area contributed by atoms with Gasteiger partial charge < -0.3 is 39.2 Å². The van der Waals surface area contributed by atoms with Gasteiger partial charge in [0.1, 0.15) is 23.0 Å². The molecule has 0 saturated carbocycles. The van der Waals surface area contributed by atoms with Crippen molar-refractivity contribution in [1.82, 2.24) is 15.4 Å². The molecule has 0 radical (unpaired) electrons. The largest absolute Gasteiger partial charge is 0.507 e. The van der Waals surface area contributed by atoms with Crippen LogP contribution in [0.1, 0.15) is 56.5 Å². The molecule has 1 atom stereocenters. The number of ether oxygens (including phenoxy) is 3. The summed E-state index contributed by atoms with van der Waals surface area (Å²) in [5.41, 5.74) is 4.45. The standard InChI is InChI=1S/C33H33N3O7.CH2O2/c1-19-25(20(2)43-35-19)18-31(38)36-12-10-21-15-30-29(40-3)17-26(21)32(36)22-6-4-7-23(14-22)41-13-5-11-34-33(39)27-16-24(42-30)8-9-28(27)37;2-1-3/h4,6-9,14-17,32,37H,5,10-13,18H2,1-3H3,(H,34,39);1H,(H,2,3). The topological polar surface area (TPSA) is 161 Å². The van der Waals surface area contributed by atoms with Crippen molar-refractivity contribution in [3.8, 4) is 28.7 Å². The van der Waals surface area contributed by atoms with Crippen molar-refractivity contribution in [2.75, 3.05) is 26.8 Å². The zero-order valence-electron chi connectivity index (χ0n) is 25.7. The van der Waals surface area contributed by atoms with E-state index in [1.807, 2.05) is 55.1 Å². The van der Waals surface area contributed by atoms with E-state index in [4.69, 9.17) is 28.6 Å². The summed E-state index contributed by atoms with van der Waals surface area (Å²) in [6.45, 7) is 4.62. The fourth-order valence-electron chi connectivity index (χ4n) is 5.72. The number of hydrogen-bond donors (Lipinski definition) is 3. The third kappa shape index (κ3) is 6.75. The summed E-state index contributed by atoms with van der Waals surface area (Å²) in [6, 6.07) is 15.7.